The van der Waals surface area contributed by atoms with Gasteiger partial charge in [-0.1, -0.05) is 30.3 Å². The fourth-order valence-corrected chi connectivity index (χ4v) is 1.37. The van der Waals surface area contributed by atoms with Crippen molar-refractivity contribution in [1.29, 1.82) is 0 Å². The van der Waals surface area contributed by atoms with Crippen molar-refractivity contribution in [3.8, 4) is 0 Å². The SMILES string of the molecule is CC(=O)CC(=O)OCCCOCc1ccccc1. The predicted octanol–water partition coefficient (Wildman–Crippen LogP) is 2.12. The van der Waals surface area contributed by atoms with Crippen LogP contribution in [0.5, 0.6) is 0 Å². The van der Waals surface area contributed by atoms with Crippen LogP contribution < -0.4 is 0 Å². The topological polar surface area (TPSA) is 52.6 Å². The van der Waals surface area contributed by atoms with E-state index >= 15 is 0 Å². The molecule has 1 aromatic rings. The minimum atomic E-state index is -0.467. The predicted molar refractivity (Wildman–Crippen MR) is 67.0 cm³/mol. The monoisotopic (exact) mass is 250 g/mol. The maximum Gasteiger partial charge on any atom is 0.313 e. The molecule has 0 radical (unpaired) electrons. The summed E-state index contributed by atoms with van der Waals surface area (Å²) >= 11 is 0. The fraction of sp³-hybridized carbons (Fsp3) is 0.429. The molecule has 0 unspecified atom stereocenters. The van der Waals surface area contributed by atoms with Gasteiger partial charge in [0.2, 0.25) is 0 Å². The number of esters is 1. The number of ketones is 1. The molecule has 0 atom stereocenters. The van der Waals surface area contributed by atoms with Gasteiger partial charge in [0.05, 0.1) is 19.8 Å². The third kappa shape index (κ3) is 6.81. The van der Waals surface area contributed by atoms with Crippen molar-refractivity contribution in [2.24, 2.45) is 0 Å². The number of carbonyl (C=O) groups excluding carboxylic acids is 2. The molecule has 0 aliphatic heterocycles. The molecular formula is C14H18O4. The summed E-state index contributed by atoms with van der Waals surface area (Å²) in [5.74, 6) is -0.647. The first-order chi connectivity index (χ1) is 8.68. The van der Waals surface area contributed by atoms with E-state index < -0.39 is 5.97 Å². The van der Waals surface area contributed by atoms with Crippen LogP contribution in [0.3, 0.4) is 0 Å². The molecule has 98 valence electrons. The van der Waals surface area contributed by atoms with Gasteiger partial charge in [-0.05, 0) is 12.5 Å². The van der Waals surface area contributed by atoms with E-state index in [9.17, 15) is 9.59 Å². The van der Waals surface area contributed by atoms with Crippen molar-refractivity contribution in [3.63, 3.8) is 0 Å². The van der Waals surface area contributed by atoms with E-state index in [2.05, 4.69) is 0 Å². The third-order valence-electron chi connectivity index (χ3n) is 2.20. The average Bonchev–Trinajstić information content (AvgIpc) is 2.34. The van der Waals surface area contributed by atoms with E-state index in [1.807, 2.05) is 30.3 Å². The zero-order chi connectivity index (χ0) is 13.2. The van der Waals surface area contributed by atoms with E-state index in [1.165, 1.54) is 6.92 Å². The van der Waals surface area contributed by atoms with Crippen LogP contribution >= 0.6 is 0 Å². The normalized spacial score (nSPS) is 10.1. The Morgan fingerprint density at radius 1 is 1.11 bits per heavy atom. The van der Waals surface area contributed by atoms with Crippen molar-refractivity contribution >= 4 is 11.8 Å². The van der Waals surface area contributed by atoms with E-state index in [4.69, 9.17) is 9.47 Å². The second kappa shape index (κ2) is 8.42. The smallest absolute Gasteiger partial charge is 0.313 e. The van der Waals surface area contributed by atoms with Crippen molar-refractivity contribution in [3.05, 3.63) is 35.9 Å². The van der Waals surface area contributed by atoms with Gasteiger partial charge in [-0.3, -0.25) is 9.59 Å². The zero-order valence-corrected chi connectivity index (χ0v) is 10.6. The highest BCUT2D eigenvalue weighted by atomic mass is 16.5. The number of ether oxygens (including phenoxy) is 2. The molecule has 0 saturated carbocycles. The van der Waals surface area contributed by atoms with Gasteiger partial charge in [-0.15, -0.1) is 0 Å². The summed E-state index contributed by atoms with van der Waals surface area (Å²) in [6.07, 6.45) is 0.487. The number of benzene rings is 1. The van der Waals surface area contributed by atoms with Gasteiger partial charge in [-0.25, -0.2) is 0 Å². The first-order valence-electron chi connectivity index (χ1n) is 5.95. The molecule has 0 spiro atoms. The third-order valence-corrected chi connectivity index (χ3v) is 2.20. The highest BCUT2D eigenvalue weighted by Crippen LogP contribution is 2.00. The highest BCUT2D eigenvalue weighted by Gasteiger charge is 2.05. The van der Waals surface area contributed by atoms with Crippen LogP contribution in [-0.4, -0.2) is 25.0 Å². The molecule has 0 bridgehead atoms. The summed E-state index contributed by atoms with van der Waals surface area (Å²) in [5.41, 5.74) is 1.12. The van der Waals surface area contributed by atoms with Crippen LogP contribution in [0.1, 0.15) is 25.3 Å². The maximum atomic E-state index is 11.0. The van der Waals surface area contributed by atoms with E-state index in [0.29, 0.717) is 26.2 Å². The first kappa shape index (κ1) is 14.4. The fourth-order valence-electron chi connectivity index (χ4n) is 1.37. The summed E-state index contributed by atoms with van der Waals surface area (Å²) in [5, 5.41) is 0. The quantitative estimate of drug-likeness (QED) is 0.403. The molecule has 0 aliphatic carbocycles. The number of hydrogen-bond acceptors (Lipinski definition) is 4. The minimum absolute atomic E-state index is 0.148. The standard InChI is InChI=1S/C14H18O4/c1-12(15)10-14(16)18-9-5-8-17-11-13-6-3-2-4-7-13/h2-4,6-7H,5,8-11H2,1H3. The molecule has 18 heavy (non-hydrogen) atoms. The Labute approximate surface area is 107 Å². The molecule has 0 saturated heterocycles. The molecule has 4 heteroatoms. The molecule has 0 amide bonds. The van der Waals surface area contributed by atoms with E-state index in [1.54, 1.807) is 0 Å². The number of rotatable bonds is 8. The Morgan fingerprint density at radius 2 is 1.83 bits per heavy atom. The Kier molecular flexibility index (Phi) is 6.72. The summed E-state index contributed by atoms with van der Waals surface area (Å²) in [7, 11) is 0. The Morgan fingerprint density at radius 3 is 2.50 bits per heavy atom. The second-order valence-corrected chi connectivity index (χ2v) is 3.99. The highest BCUT2D eigenvalue weighted by molar-refractivity contribution is 5.94. The second-order valence-electron chi connectivity index (χ2n) is 3.99. The maximum absolute atomic E-state index is 11.0. The van der Waals surface area contributed by atoms with Crippen LogP contribution in [0.15, 0.2) is 30.3 Å². The number of Topliss-reactive ketones (excluding diaryl/α,β-unsaturated/α-hetero) is 1. The lowest BCUT2D eigenvalue weighted by molar-refractivity contribution is -0.146. The molecule has 0 N–H and O–H groups in total. The summed E-state index contributed by atoms with van der Waals surface area (Å²) < 4.78 is 10.3. The first-order valence-corrected chi connectivity index (χ1v) is 5.95. The Hall–Kier alpha value is -1.68. The van der Waals surface area contributed by atoms with Gasteiger partial charge in [0.1, 0.15) is 12.2 Å². The average molecular weight is 250 g/mol. The summed E-state index contributed by atoms with van der Waals surface area (Å²) in [6, 6.07) is 9.86. The number of carbonyl (C=O) groups is 2. The lowest BCUT2D eigenvalue weighted by atomic mass is 10.2. The van der Waals surface area contributed by atoms with Crippen LogP contribution in [-0.2, 0) is 25.7 Å². The van der Waals surface area contributed by atoms with Crippen molar-refractivity contribution in [2.75, 3.05) is 13.2 Å². The van der Waals surface area contributed by atoms with Gasteiger partial charge in [0.25, 0.3) is 0 Å². The van der Waals surface area contributed by atoms with Crippen molar-refractivity contribution in [1.82, 2.24) is 0 Å². The largest absolute Gasteiger partial charge is 0.465 e. The van der Waals surface area contributed by atoms with Crippen molar-refractivity contribution in [2.45, 2.75) is 26.4 Å². The lowest BCUT2D eigenvalue weighted by Crippen LogP contribution is -2.11. The number of hydrogen-bond donors (Lipinski definition) is 0. The molecule has 0 fully saturated rings. The Bertz CT molecular complexity index is 373. The lowest BCUT2D eigenvalue weighted by Gasteiger charge is -2.05. The molecule has 4 nitrogen and oxygen atoms in total. The molecule has 0 aromatic heterocycles. The van der Waals surface area contributed by atoms with Gasteiger partial charge in [0.15, 0.2) is 0 Å². The van der Waals surface area contributed by atoms with Gasteiger partial charge >= 0.3 is 5.97 Å². The summed E-state index contributed by atoms with van der Waals surface area (Å²) in [4.78, 5) is 21.6. The molecule has 0 aliphatic rings. The minimum Gasteiger partial charge on any atom is -0.465 e. The van der Waals surface area contributed by atoms with E-state index in [-0.39, 0.29) is 12.2 Å². The van der Waals surface area contributed by atoms with Crippen LogP contribution in [0.25, 0.3) is 0 Å². The zero-order valence-electron chi connectivity index (χ0n) is 10.6. The molecule has 1 rings (SSSR count). The Balaban J connectivity index is 1.99. The van der Waals surface area contributed by atoms with Crippen LogP contribution in [0.2, 0.25) is 0 Å². The van der Waals surface area contributed by atoms with Crippen molar-refractivity contribution < 1.29 is 19.1 Å². The van der Waals surface area contributed by atoms with Gasteiger partial charge in [0, 0.05) is 6.42 Å². The van der Waals surface area contributed by atoms with Crippen LogP contribution in [0, 0.1) is 0 Å². The molecule has 0 heterocycles. The van der Waals surface area contributed by atoms with E-state index in [0.717, 1.165) is 5.56 Å². The van der Waals surface area contributed by atoms with Crippen LogP contribution in [0.4, 0.5) is 0 Å². The van der Waals surface area contributed by atoms with Gasteiger partial charge in [-0.2, -0.15) is 0 Å². The summed E-state index contributed by atoms with van der Waals surface area (Å²) in [6.45, 7) is 2.75. The van der Waals surface area contributed by atoms with Gasteiger partial charge < -0.3 is 9.47 Å². The molecular weight excluding hydrogens is 232 g/mol. The molecule has 1 aromatic carbocycles.